The molecule has 0 radical (unpaired) electrons. The standard InChI is InChI=1S/C14H18BrN3O4S/c1-3-7-18-23(21,22)10-5-6-12(15)11(8-10)14(20)17-9-13(19)16-4-2/h3,5-6,8,18H,1,4,7,9H2,2H3,(H,16,19)(H,17,20). The second-order valence-electron chi connectivity index (χ2n) is 4.42. The Labute approximate surface area is 143 Å². The van der Waals surface area contributed by atoms with E-state index in [1.807, 2.05) is 0 Å². The van der Waals surface area contributed by atoms with Gasteiger partial charge >= 0.3 is 0 Å². The second-order valence-corrected chi connectivity index (χ2v) is 7.04. The Morgan fingerprint density at radius 2 is 2.00 bits per heavy atom. The molecular weight excluding hydrogens is 386 g/mol. The lowest BCUT2D eigenvalue weighted by Crippen LogP contribution is -2.37. The summed E-state index contributed by atoms with van der Waals surface area (Å²) in [6, 6.07) is 4.07. The van der Waals surface area contributed by atoms with E-state index in [1.54, 1.807) is 6.92 Å². The fraction of sp³-hybridized carbons (Fsp3) is 0.286. The van der Waals surface area contributed by atoms with Crippen LogP contribution in [0.2, 0.25) is 0 Å². The van der Waals surface area contributed by atoms with Crippen LogP contribution in [-0.4, -0.2) is 39.9 Å². The molecule has 0 unspecified atom stereocenters. The third-order valence-electron chi connectivity index (χ3n) is 2.69. The molecule has 23 heavy (non-hydrogen) atoms. The van der Waals surface area contributed by atoms with Crippen LogP contribution in [0.15, 0.2) is 40.2 Å². The van der Waals surface area contributed by atoms with Gasteiger partial charge in [0.05, 0.1) is 17.0 Å². The average Bonchev–Trinajstić information content (AvgIpc) is 2.51. The first-order chi connectivity index (χ1) is 10.8. The predicted molar refractivity (Wildman–Crippen MR) is 90.5 cm³/mol. The summed E-state index contributed by atoms with van der Waals surface area (Å²) in [4.78, 5) is 23.4. The Hall–Kier alpha value is -1.71. The Balaban J connectivity index is 2.95. The minimum absolute atomic E-state index is 0.0503. The van der Waals surface area contributed by atoms with Gasteiger partial charge in [-0.2, -0.15) is 0 Å². The van der Waals surface area contributed by atoms with Gasteiger partial charge in [0.25, 0.3) is 5.91 Å². The molecule has 0 fully saturated rings. The number of benzene rings is 1. The molecule has 0 spiro atoms. The largest absolute Gasteiger partial charge is 0.355 e. The summed E-state index contributed by atoms with van der Waals surface area (Å²) in [5.41, 5.74) is 0.121. The molecule has 3 N–H and O–H groups in total. The number of carbonyl (C=O) groups is 2. The average molecular weight is 404 g/mol. The van der Waals surface area contributed by atoms with Crippen molar-refractivity contribution in [1.29, 1.82) is 0 Å². The van der Waals surface area contributed by atoms with Crippen molar-refractivity contribution in [2.75, 3.05) is 19.6 Å². The quantitative estimate of drug-likeness (QED) is 0.557. The van der Waals surface area contributed by atoms with E-state index in [-0.39, 0.29) is 29.5 Å². The van der Waals surface area contributed by atoms with Crippen LogP contribution in [0.5, 0.6) is 0 Å². The molecule has 0 atom stereocenters. The summed E-state index contributed by atoms with van der Waals surface area (Å²) in [5, 5.41) is 4.98. The molecule has 0 aliphatic carbocycles. The Kier molecular flexibility index (Phi) is 7.40. The Morgan fingerprint density at radius 3 is 2.61 bits per heavy atom. The van der Waals surface area contributed by atoms with E-state index in [0.29, 0.717) is 11.0 Å². The number of amides is 2. The van der Waals surface area contributed by atoms with E-state index in [4.69, 9.17) is 0 Å². The SMILES string of the molecule is C=CCNS(=O)(=O)c1ccc(Br)c(C(=O)NCC(=O)NCC)c1. The van der Waals surface area contributed by atoms with E-state index in [1.165, 1.54) is 24.3 Å². The zero-order chi connectivity index (χ0) is 17.5. The predicted octanol–water partition coefficient (Wildman–Crippen LogP) is 0.779. The van der Waals surface area contributed by atoms with Crippen molar-refractivity contribution in [2.45, 2.75) is 11.8 Å². The van der Waals surface area contributed by atoms with Gasteiger partial charge in [0.1, 0.15) is 0 Å². The molecule has 0 aliphatic rings. The van der Waals surface area contributed by atoms with Crippen LogP contribution >= 0.6 is 15.9 Å². The molecule has 1 aromatic carbocycles. The lowest BCUT2D eigenvalue weighted by Gasteiger charge is -2.10. The van der Waals surface area contributed by atoms with Gasteiger partial charge in [-0.1, -0.05) is 6.08 Å². The van der Waals surface area contributed by atoms with Crippen molar-refractivity contribution in [3.63, 3.8) is 0 Å². The molecule has 1 aromatic rings. The fourth-order valence-corrected chi connectivity index (χ4v) is 3.06. The first-order valence-electron chi connectivity index (χ1n) is 6.76. The highest BCUT2D eigenvalue weighted by molar-refractivity contribution is 9.10. The first-order valence-corrected chi connectivity index (χ1v) is 9.04. The normalized spacial score (nSPS) is 10.9. The maximum atomic E-state index is 12.1. The van der Waals surface area contributed by atoms with Gasteiger partial charge in [0, 0.05) is 17.6 Å². The van der Waals surface area contributed by atoms with E-state index < -0.39 is 15.9 Å². The molecule has 0 aromatic heterocycles. The Bertz CT molecular complexity index is 704. The lowest BCUT2D eigenvalue weighted by atomic mass is 10.2. The van der Waals surface area contributed by atoms with Crippen molar-refractivity contribution in [1.82, 2.24) is 15.4 Å². The van der Waals surface area contributed by atoms with Crippen LogP contribution in [0.1, 0.15) is 17.3 Å². The molecule has 9 heteroatoms. The van der Waals surface area contributed by atoms with Gasteiger partial charge in [-0.3, -0.25) is 9.59 Å². The van der Waals surface area contributed by atoms with Crippen LogP contribution in [0.3, 0.4) is 0 Å². The molecule has 0 aliphatic heterocycles. The molecule has 0 heterocycles. The smallest absolute Gasteiger partial charge is 0.252 e. The van der Waals surface area contributed by atoms with Crippen LogP contribution in [0, 0.1) is 0 Å². The monoisotopic (exact) mass is 403 g/mol. The first kappa shape index (κ1) is 19.3. The molecule has 0 saturated carbocycles. The highest BCUT2D eigenvalue weighted by Gasteiger charge is 2.18. The van der Waals surface area contributed by atoms with Crippen molar-refractivity contribution in [3.8, 4) is 0 Å². The number of nitrogens with one attached hydrogen (secondary N) is 3. The van der Waals surface area contributed by atoms with Gasteiger partial charge in [0.15, 0.2) is 0 Å². The zero-order valence-electron chi connectivity index (χ0n) is 12.6. The third kappa shape index (κ3) is 5.77. The number of hydrogen-bond acceptors (Lipinski definition) is 4. The number of halogens is 1. The summed E-state index contributed by atoms with van der Waals surface area (Å²) >= 11 is 3.20. The summed E-state index contributed by atoms with van der Waals surface area (Å²) in [6.45, 7) is 5.55. The maximum absolute atomic E-state index is 12.1. The Morgan fingerprint density at radius 1 is 1.30 bits per heavy atom. The van der Waals surface area contributed by atoms with Gasteiger partial charge < -0.3 is 10.6 Å². The van der Waals surface area contributed by atoms with Gasteiger partial charge in [-0.15, -0.1) is 6.58 Å². The summed E-state index contributed by atoms with van der Waals surface area (Å²) in [6.07, 6.45) is 1.41. The molecule has 1 rings (SSSR count). The summed E-state index contributed by atoms with van der Waals surface area (Å²) in [7, 11) is -3.74. The molecule has 126 valence electrons. The minimum atomic E-state index is -3.74. The van der Waals surface area contributed by atoms with Crippen molar-refractivity contribution in [3.05, 3.63) is 40.9 Å². The van der Waals surface area contributed by atoms with E-state index in [9.17, 15) is 18.0 Å². The molecule has 7 nitrogen and oxygen atoms in total. The lowest BCUT2D eigenvalue weighted by molar-refractivity contribution is -0.120. The van der Waals surface area contributed by atoms with E-state index in [2.05, 4.69) is 37.9 Å². The van der Waals surface area contributed by atoms with Crippen molar-refractivity contribution in [2.24, 2.45) is 0 Å². The van der Waals surface area contributed by atoms with Crippen molar-refractivity contribution < 1.29 is 18.0 Å². The van der Waals surface area contributed by atoms with Crippen LogP contribution in [-0.2, 0) is 14.8 Å². The van der Waals surface area contributed by atoms with Crippen molar-refractivity contribution >= 4 is 37.8 Å². The zero-order valence-corrected chi connectivity index (χ0v) is 15.0. The molecule has 2 amide bonds. The van der Waals surface area contributed by atoms with Gasteiger partial charge in [-0.25, -0.2) is 13.1 Å². The number of carbonyl (C=O) groups excluding carboxylic acids is 2. The van der Waals surface area contributed by atoms with Crippen LogP contribution in [0.25, 0.3) is 0 Å². The maximum Gasteiger partial charge on any atom is 0.252 e. The second kappa shape index (κ2) is 8.80. The summed E-state index contributed by atoms with van der Waals surface area (Å²) in [5.74, 6) is -0.878. The number of rotatable bonds is 8. The van der Waals surface area contributed by atoms with Gasteiger partial charge in [0.2, 0.25) is 15.9 Å². The fourth-order valence-electron chi connectivity index (χ4n) is 1.61. The molecular formula is C14H18BrN3O4S. The van der Waals surface area contributed by atoms with E-state index >= 15 is 0 Å². The minimum Gasteiger partial charge on any atom is -0.355 e. The highest BCUT2D eigenvalue weighted by Crippen LogP contribution is 2.21. The number of sulfonamides is 1. The van der Waals surface area contributed by atoms with E-state index in [0.717, 1.165) is 0 Å². The molecule has 0 saturated heterocycles. The highest BCUT2D eigenvalue weighted by atomic mass is 79.9. The van der Waals surface area contributed by atoms with Crippen LogP contribution < -0.4 is 15.4 Å². The summed E-state index contributed by atoms with van der Waals surface area (Å²) < 4.78 is 26.9. The van der Waals surface area contributed by atoms with Crippen LogP contribution in [0.4, 0.5) is 0 Å². The third-order valence-corrected chi connectivity index (χ3v) is 4.81. The topological polar surface area (TPSA) is 104 Å². The molecule has 0 bridgehead atoms. The number of hydrogen-bond donors (Lipinski definition) is 3. The number of likely N-dealkylation sites (N-methyl/N-ethyl adjacent to an activating group) is 1. The van der Waals surface area contributed by atoms with Gasteiger partial charge in [-0.05, 0) is 41.1 Å².